The number of benzene rings is 2. The van der Waals surface area contributed by atoms with Gasteiger partial charge in [0.15, 0.2) is 5.60 Å². The van der Waals surface area contributed by atoms with Crippen molar-refractivity contribution in [1.29, 1.82) is 0 Å². The molecule has 32 heavy (non-hydrogen) atoms. The molecule has 1 fully saturated rings. The van der Waals surface area contributed by atoms with Crippen LogP contribution in [0.25, 0.3) is 0 Å². The summed E-state index contributed by atoms with van der Waals surface area (Å²) in [4.78, 5) is 37.9. The summed E-state index contributed by atoms with van der Waals surface area (Å²) < 4.78 is 5.89. The zero-order chi connectivity index (χ0) is 23.3. The molecule has 1 aliphatic rings. The van der Waals surface area contributed by atoms with Crippen LogP contribution in [0.2, 0.25) is 5.02 Å². The lowest BCUT2D eigenvalue weighted by molar-refractivity contribution is -0.146. The molecule has 2 aromatic carbocycles. The Balaban J connectivity index is 1.47. The molecule has 0 unspecified atom stereocenters. The predicted molar refractivity (Wildman–Crippen MR) is 121 cm³/mol. The Morgan fingerprint density at radius 2 is 1.62 bits per heavy atom. The van der Waals surface area contributed by atoms with Gasteiger partial charge in [0, 0.05) is 29.8 Å². The molecule has 8 nitrogen and oxygen atoms in total. The third kappa shape index (κ3) is 6.13. The lowest BCUT2D eigenvalue weighted by atomic mass is 10.0. The monoisotopic (exact) mass is 459 g/mol. The Hall–Kier alpha value is -3.26. The molecule has 3 amide bonds. The molecule has 3 N–H and O–H groups in total. The molecule has 0 aliphatic carbocycles. The van der Waals surface area contributed by atoms with E-state index in [1.54, 1.807) is 43.0 Å². The van der Waals surface area contributed by atoms with E-state index in [9.17, 15) is 14.4 Å². The molecule has 3 rings (SSSR count). The number of hydrogen-bond acceptors (Lipinski definition) is 4. The molecule has 2 aromatic rings. The standard InChI is InChI=1S/C23H26ClN3O5/c1-23(2,32-19-9-5-16(24)6-10-19)21(30)27-13-11-18(12-14-27)26-22(31)25-17-7-3-15(4-8-17)20(28)29/h3-10,18H,11-14H2,1-2H3,(H,28,29)(H2,25,26,31). The van der Waals surface area contributed by atoms with Crippen LogP contribution in [0.1, 0.15) is 37.0 Å². The van der Waals surface area contributed by atoms with Crippen molar-refractivity contribution in [3.8, 4) is 5.75 Å². The first-order chi connectivity index (χ1) is 15.1. The number of ether oxygens (including phenoxy) is 1. The highest BCUT2D eigenvalue weighted by molar-refractivity contribution is 6.30. The molecule has 1 heterocycles. The van der Waals surface area contributed by atoms with E-state index in [4.69, 9.17) is 21.4 Å². The maximum atomic E-state index is 13.0. The number of urea groups is 1. The van der Waals surface area contributed by atoms with Crippen molar-refractivity contribution in [2.75, 3.05) is 18.4 Å². The number of likely N-dealkylation sites (tertiary alicyclic amines) is 1. The fraction of sp³-hybridized carbons (Fsp3) is 0.348. The van der Waals surface area contributed by atoms with Gasteiger partial charge in [-0.25, -0.2) is 9.59 Å². The van der Waals surface area contributed by atoms with Crippen LogP contribution in [0, 0.1) is 0 Å². The van der Waals surface area contributed by atoms with Crippen molar-refractivity contribution in [3.05, 3.63) is 59.1 Å². The van der Waals surface area contributed by atoms with Gasteiger partial charge in [-0.2, -0.15) is 0 Å². The Bertz CT molecular complexity index is 968. The van der Waals surface area contributed by atoms with Crippen molar-refractivity contribution in [2.24, 2.45) is 0 Å². The minimum Gasteiger partial charge on any atom is -0.478 e. The minimum absolute atomic E-state index is 0.0716. The Morgan fingerprint density at radius 1 is 1.03 bits per heavy atom. The SMILES string of the molecule is CC(C)(Oc1ccc(Cl)cc1)C(=O)N1CCC(NC(=O)Nc2ccc(C(=O)O)cc2)CC1. The number of amides is 3. The van der Waals surface area contributed by atoms with Gasteiger partial charge in [0.05, 0.1) is 5.56 Å². The van der Waals surface area contributed by atoms with Gasteiger partial charge in [0.1, 0.15) is 5.75 Å². The van der Waals surface area contributed by atoms with Gasteiger partial charge in [0.25, 0.3) is 5.91 Å². The molecule has 0 atom stereocenters. The lowest BCUT2D eigenvalue weighted by Gasteiger charge is -2.37. The molecule has 0 bridgehead atoms. The van der Waals surface area contributed by atoms with E-state index in [-0.39, 0.29) is 23.5 Å². The van der Waals surface area contributed by atoms with Crippen LogP contribution in [0.4, 0.5) is 10.5 Å². The van der Waals surface area contributed by atoms with E-state index in [1.165, 1.54) is 24.3 Å². The summed E-state index contributed by atoms with van der Waals surface area (Å²) in [7, 11) is 0. The normalized spacial score (nSPS) is 14.5. The number of piperidine rings is 1. The largest absolute Gasteiger partial charge is 0.478 e. The van der Waals surface area contributed by atoms with E-state index in [0.29, 0.717) is 42.4 Å². The first kappa shape index (κ1) is 23.4. The highest BCUT2D eigenvalue weighted by Crippen LogP contribution is 2.24. The van der Waals surface area contributed by atoms with Gasteiger partial charge in [-0.1, -0.05) is 11.6 Å². The molecule has 9 heteroatoms. The summed E-state index contributed by atoms with van der Waals surface area (Å²) in [6, 6.07) is 12.3. The highest BCUT2D eigenvalue weighted by Gasteiger charge is 2.36. The van der Waals surface area contributed by atoms with Gasteiger partial charge in [0.2, 0.25) is 0 Å². The van der Waals surface area contributed by atoms with Gasteiger partial charge in [-0.05, 0) is 75.2 Å². The molecule has 1 saturated heterocycles. The highest BCUT2D eigenvalue weighted by atomic mass is 35.5. The molecule has 1 aliphatic heterocycles. The number of nitrogens with zero attached hydrogens (tertiary/aromatic N) is 1. The smallest absolute Gasteiger partial charge is 0.335 e. The van der Waals surface area contributed by atoms with E-state index < -0.39 is 11.6 Å². The molecule has 0 radical (unpaired) electrons. The quantitative estimate of drug-likeness (QED) is 0.605. The Kier molecular flexibility index (Phi) is 7.25. The van der Waals surface area contributed by atoms with Crippen molar-refractivity contribution in [1.82, 2.24) is 10.2 Å². The maximum absolute atomic E-state index is 13.0. The topological polar surface area (TPSA) is 108 Å². The number of carbonyl (C=O) groups is 3. The van der Waals surface area contributed by atoms with Crippen molar-refractivity contribution >= 4 is 35.2 Å². The third-order valence-electron chi connectivity index (χ3n) is 5.21. The first-order valence-electron chi connectivity index (χ1n) is 10.3. The van der Waals surface area contributed by atoms with Gasteiger partial charge >= 0.3 is 12.0 Å². The van der Waals surface area contributed by atoms with Gasteiger partial charge < -0.3 is 25.4 Å². The zero-order valence-electron chi connectivity index (χ0n) is 17.9. The number of hydrogen-bond donors (Lipinski definition) is 3. The number of carboxylic acid groups (broad SMARTS) is 1. The summed E-state index contributed by atoms with van der Waals surface area (Å²) in [6.07, 6.45) is 1.24. The second-order valence-corrected chi connectivity index (χ2v) is 8.55. The molecular weight excluding hydrogens is 434 g/mol. The summed E-state index contributed by atoms with van der Waals surface area (Å²) in [6.45, 7) is 4.48. The molecule has 0 aromatic heterocycles. The van der Waals surface area contributed by atoms with Gasteiger partial charge in [-0.3, -0.25) is 4.79 Å². The fourth-order valence-electron chi connectivity index (χ4n) is 3.50. The number of carbonyl (C=O) groups excluding carboxylic acids is 2. The zero-order valence-corrected chi connectivity index (χ0v) is 18.7. The summed E-state index contributed by atoms with van der Waals surface area (Å²) in [5.41, 5.74) is -0.384. The third-order valence-corrected chi connectivity index (χ3v) is 5.46. The van der Waals surface area contributed by atoms with E-state index in [2.05, 4.69) is 10.6 Å². The van der Waals surface area contributed by atoms with Crippen molar-refractivity contribution in [2.45, 2.75) is 38.3 Å². The predicted octanol–water partition coefficient (Wildman–Crippen LogP) is 4.01. The lowest BCUT2D eigenvalue weighted by Crippen LogP contribution is -2.54. The second kappa shape index (κ2) is 9.91. The van der Waals surface area contributed by atoms with Crippen LogP contribution >= 0.6 is 11.6 Å². The number of carboxylic acids is 1. The number of aromatic carboxylic acids is 1. The van der Waals surface area contributed by atoms with Crippen molar-refractivity contribution < 1.29 is 24.2 Å². The summed E-state index contributed by atoms with van der Waals surface area (Å²) >= 11 is 5.89. The number of nitrogens with one attached hydrogen (secondary N) is 2. The van der Waals surface area contributed by atoms with E-state index in [0.717, 1.165) is 0 Å². The van der Waals surface area contributed by atoms with Crippen LogP contribution in [0.5, 0.6) is 5.75 Å². The van der Waals surface area contributed by atoms with Crippen LogP contribution in [-0.2, 0) is 4.79 Å². The maximum Gasteiger partial charge on any atom is 0.335 e. The summed E-state index contributed by atoms with van der Waals surface area (Å²) in [5, 5.41) is 15.1. The number of anilines is 1. The first-order valence-corrected chi connectivity index (χ1v) is 10.7. The van der Waals surface area contributed by atoms with E-state index >= 15 is 0 Å². The van der Waals surface area contributed by atoms with Gasteiger partial charge in [-0.15, -0.1) is 0 Å². The number of halogens is 1. The Morgan fingerprint density at radius 3 is 2.19 bits per heavy atom. The minimum atomic E-state index is -1.03. The molecule has 0 saturated carbocycles. The average Bonchev–Trinajstić information content (AvgIpc) is 2.75. The Labute approximate surface area is 191 Å². The van der Waals surface area contributed by atoms with Crippen LogP contribution in [-0.4, -0.2) is 52.6 Å². The summed E-state index contributed by atoms with van der Waals surface area (Å²) in [5.74, 6) is -0.574. The molecule has 0 spiro atoms. The van der Waals surface area contributed by atoms with E-state index in [1.807, 2.05) is 0 Å². The fourth-order valence-corrected chi connectivity index (χ4v) is 3.62. The van der Waals surface area contributed by atoms with Crippen LogP contribution in [0.15, 0.2) is 48.5 Å². The molecule has 170 valence electrons. The number of rotatable bonds is 6. The van der Waals surface area contributed by atoms with Crippen LogP contribution in [0.3, 0.4) is 0 Å². The average molecular weight is 460 g/mol. The van der Waals surface area contributed by atoms with Crippen LogP contribution < -0.4 is 15.4 Å². The van der Waals surface area contributed by atoms with Crippen molar-refractivity contribution in [3.63, 3.8) is 0 Å². The molecular formula is C23H26ClN3O5. The second-order valence-electron chi connectivity index (χ2n) is 8.11.